The molecular weight excluding hydrogens is 499 g/mol. The zero-order chi connectivity index (χ0) is 27.4. The number of aryl methyl sites for hydroxylation is 2. The second kappa shape index (κ2) is 11.1. The number of amides is 3. The highest BCUT2D eigenvalue weighted by Gasteiger charge is 2.39. The second-order valence-electron chi connectivity index (χ2n) is 8.96. The molecule has 0 fully saturated rings. The number of carbonyl (C=O) groups excluding carboxylic acids is 3. The third kappa shape index (κ3) is 5.86. The summed E-state index contributed by atoms with van der Waals surface area (Å²) in [5.41, 5.74) is 5.42. The molecule has 1 aliphatic rings. The minimum absolute atomic E-state index is 0.111. The number of fused-ring (bicyclic) bond motifs is 1. The maximum Gasteiger partial charge on any atom is 0.417 e. The molecule has 4 rings (SSSR count). The average Bonchev–Trinajstić information content (AvgIpc) is 3.06. The fraction of sp³-hybridized carbons (Fsp3) is 0.250. The van der Waals surface area contributed by atoms with Gasteiger partial charge in [0.2, 0.25) is 5.91 Å². The molecule has 0 bridgehead atoms. The number of rotatable bonds is 6. The number of alkyl halides is 3. The molecule has 0 radical (unpaired) electrons. The topological polar surface area (TPSA) is 102 Å². The Morgan fingerprint density at radius 3 is 2.45 bits per heavy atom. The van der Waals surface area contributed by atoms with E-state index in [0.717, 1.165) is 22.6 Å². The number of ether oxygens (including phenoxy) is 1. The van der Waals surface area contributed by atoms with Gasteiger partial charge in [-0.05, 0) is 67.6 Å². The maximum absolute atomic E-state index is 14.2. The predicted octanol–water partition coefficient (Wildman–Crippen LogP) is 5.08. The van der Waals surface area contributed by atoms with E-state index in [4.69, 9.17) is 10.5 Å². The molecule has 0 spiro atoms. The van der Waals surface area contributed by atoms with Crippen LogP contribution in [-0.2, 0) is 22.1 Å². The number of anilines is 2. The van der Waals surface area contributed by atoms with Gasteiger partial charge < -0.3 is 15.8 Å². The normalized spacial score (nSPS) is 15.4. The zero-order valence-corrected chi connectivity index (χ0v) is 20.5. The molecule has 0 aliphatic carbocycles. The van der Waals surface area contributed by atoms with E-state index < -0.39 is 47.9 Å². The van der Waals surface area contributed by atoms with Crippen molar-refractivity contribution in [2.24, 2.45) is 5.73 Å². The fourth-order valence-electron chi connectivity index (χ4n) is 4.48. The standard InChI is InChI=1S/C28H26F3N3O4/c1-17-7-2-4-10-20(17)26(36)33-19-13-14-21(22(15-19)28(29,30)31)27(37)34-23-11-5-3-8-18(23)9-6-12-25(34)38-16-24(32)35/h2-5,7-8,10-11,13-15,25H,6,9,12,16H2,1H3,(H2,32,35)(H,33,36). The van der Waals surface area contributed by atoms with Gasteiger partial charge in [-0.3, -0.25) is 19.3 Å². The third-order valence-corrected chi connectivity index (χ3v) is 6.28. The molecule has 3 amide bonds. The van der Waals surface area contributed by atoms with Gasteiger partial charge in [-0.2, -0.15) is 13.2 Å². The summed E-state index contributed by atoms with van der Waals surface area (Å²) in [6, 6.07) is 16.6. The molecule has 1 aliphatic heterocycles. The summed E-state index contributed by atoms with van der Waals surface area (Å²) in [6.45, 7) is 1.22. The molecule has 1 heterocycles. The lowest BCUT2D eigenvalue weighted by molar-refractivity contribution is -0.137. The first kappa shape index (κ1) is 26.9. The first-order valence-corrected chi connectivity index (χ1v) is 12.0. The van der Waals surface area contributed by atoms with Crippen LogP contribution in [0.25, 0.3) is 0 Å². The van der Waals surface area contributed by atoms with E-state index in [1.54, 1.807) is 55.5 Å². The number of carbonyl (C=O) groups is 3. The van der Waals surface area contributed by atoms with Gasteiger partial charge in [0.05, 0.1) is 11.1 Å². The molecule has 10 heteroatoms. The van der Waals surface area contributed by atoms with Crippen molar-refractivity contribution in [3.05, 3.63) is 94.5 Å². The number of hydrogen-bond acceptors (Lipinski definition) is 4. The summed E-state index contributed by atoms with van der Waals surface area (Å²) in [6.07, 6.45) is -4.45. The molecule has 38 heavy (non-hydrogen) atoms. The van der Waals surface area contributed by atoms with Crippen molar-refractivity contribution in [2.45, 2.75) is 38.6 Å². The van der Waals surface area contributed by atoms with Crippen molar-refractivity contribution in [3.63, 3.8) is 0 Å². The van der Waals surface area contributed by atoms with Crippen molar-refractivity contribution in [1.29, 1.82) is 0 Å². The molecule has 3 N–H and O–H groups in total. The molecule has 1 unspecified atom stereocenters. The molecule has 198 valence electrons. The van der Waals surface area contributed by atoms with Gasteiger partial charge in [0.25, 0.3) is 11.8 Å². The number of benzene rings is 3. The van der Waals surface area contributed by atoms with Gasteiger partial charge >= 0.3 is 6.18 Å². The Hall–Kier alpha value is -4.18. The van der Waals surface area contributed by atoms with E-state index in [9.17, 15) is 27.6 Å². The number of para-hydroxylation sites is 1. The predicted molar refractivity (Wildman–Crippen MR) is 136 cm³/mol. The maximum atomic E-state index is 14.2. The van der Waals surface area contributed by atoms with Crippen LogP contribution in [0.15, 0.2) is 66.7 Å². The van der Waals surface area contributed by atoms with Crippen molar-refractivity contribution < 1.29 is 32.3 Å². The summed E-state index contributed by atoms with van der Waals surface area (Å²) in [5, 5.41) is 2.48. The Kier molecular flexibility index (Phi) is 7.82. The summed E-state index contributed by atoms with van der Waals surface area (Å²) in [5.74, 6) is -2.28. The lowest BCUT2D eigenvalue weighted by Crippen LogP contribution is -2.44. The molecule has 1 atom stereocenters. The molecule has 7 nitrogen and oxygen atoms in total. The molecule has 0 saturated heterocycles. The van der Waals surface area contributed by atoms with Crippen LogP contribution in [0.5, 0.6) is 0 Å². The number of hydrogen-bond donors (Lipinski definition) is 2. The minimum atomic E-state index is -4.90. The summed E-state index contributed by atoms with van der Waals surface area (Å²) >= 11 is 0. The average molecular weight is 526 g/mol. The van der Waals surface area contributed by atoms with E-state index in [2.05, 4.69) is 5.32 Å². The van der Waals surface area contributed by atoms with Gasteiger partial charge in [-0.15, -0.1) is 0 Å². The van der Waals surface area contributed by atoms with Gasteiger partial charge in [0, 0.05) is 16.9 Å². The van der Waals surface area contributed by atoms with E-state index in [-0.39, 0.29) is 5.69 Å². The Labute approximate surface area is 217 Å². The van der Waals surface area contributed by atoms with Crippen LogP contribution >= 0.6 is 0 Å². The largest absolute Gasteiger partial charge is 0.417 e. The number of primary amides is 1. The summed E-state index contributed by atoms with van der Waals surface area (Å²) < 4.78 is 48.3. The Bertz CT molecular complexity index is 1370. The molecular formula is C28H26F3N3O4. The first-order valence-electron chi connectivity index (χ1n) is 12.0. The number of nitrogens with zero attached hydrogens (tertiary/aromatic N) is 1. The van der Waals surface area contributed by atoms with E-state index in [1.807, 2.05) is 0 Å². The summed E-state index contributed by atoms with van der Waals surface area (Å²) in [4.78, 5) is 39.0. The highest BCUT2D eigenvalue weighted by atomic mass is 19.4. The van der Waals surface area contributed by atoms with Crippen molar-refractivity contribution in [3.8, 4) is 0 Å². The number of nitrogens with one attached hydrogen (secondary N) is 1. The van der Waals surface area contributed by atoms with E-state index >= 15 is 0 Å². The highest BCUT2D eigenvalue weighted by molar-refractivity contribution is 6.09. The minimum Gasteiger partial charge on any atom is -0.368 e. The molecule has 0 saturated carbocycles. The number of nitrogens with two attached hydrogens (primary N) is 1. The van der Waals surface area contributed by atoms with Crippen LogP contribution in [0.2, 0.25) is 0 Å². The van der Waals surface area contributed by atoms with Crippen molar-refractivity contribution in [1.82, 2.24) is 0 Å². The molecule has 3 aromatic carbocycles. The van der Waals surface area contributed by atoms with Crippen LogP contribution in [0.4, 0.5) is 24.5 Å². The molecule has 0 aromatic heterocycles. The Morgan fingerprint density at radius 1 is 1.03 bits per heavy atom. The van der Waals surface area contributed by atoms with Gasteiger partial charge in [-0.1, -0.05) is 36.4 Å². The van der Waals surface area contributed by atoms with E-state index in [1.165, 1.54) is 6.07 Å². The van der Waals surface area contributed by atoms with Crippen molar-refractivity contribution >= 4 is 29.1 Å². The van der Waals surface area contributed by atoms with E-state index in [0.29, 0.717) is 36.1 Å². The second-order valence-corrected chi connectivity index (χ2v) is 8.96. The highest BCUT2D eigenvalue weighted by Crippen LogP contribution is 2.37. The molecule has 3 aromatic rings. The van der Waals surface area contributed by atoms with Gasteiger partial charge in [0.1, 0.15) is 12.8 Å². The van der Waals surface area contributed by atoms with Gasteiger partial charge in [-0.25, -0.2) is 0 Å². The summed E-state index contributed by atoms with van der Waals surface area (Å²) in [7, 11) is 0. The zero-order valence-electron chi connectivity index (χ0n) is 20.5. The fourth-order valence-corrected chi connectivity index (χ4v) is 4.48. The van der Waals surface area contributed by atoms with Crippen LogP contribution in [0, 0.1) is 6.92 Å². The number of halogens is 3. The van der Waals surface area contributed by atoms with Crippen LogP contribution in [0.1, 0.15) is 50.2 Å². The quantitative estimate of drug-likeness (QED) is 0.469. The Balaban J connectivity index is 1.74. The van der Waals surface area contributed by atoms with Crippen LogP contribution in [0.3, 0.4) is 0 Å². The Morgan fingerprint density at radius 2 is 1.74 bits per heavy atom. The first-order chi connectivity index (χ1) is 18.1. The third-order valence-electron chi connectivity index (χ3n) is 6.28. The smallest absolute Gasteiger partial charge is 0.368 e. The monoisotopic (exact) mass is 525 g/mol. The van der Waals surface area contributed by atoms with Crippen LogP contribution < -0.4 is 16.0 Å². The lowest BCUT2D eigenvalue weighted by atomic mass is 10.0. The van der Waals surface area contributed by atoms with Crippen molar-refractivity contribution in [2.75, 3.05) is 16.8 Å². The SMILES string of the molecule is Cc1ccccc1C(=O)Nc1ccc(C(=O)N2c3ccccc3CCCC2OCC(N)=O)c(C(F)(F)F)c1. The van der Waals surface area contributed by atoms with Gasteiger partial charge in [0.15, 0.2) is 0 Å². The lowest BCUT2D eigenvalue weighted by Gasteiger charge is -2.31. The van der Waals surface area contributed by atoms with Crippen LogP contribution in [-0.4, -0.2) is 30.6 Å².